The van der Waals surface area contributed by atoms with E-state index < -0.39 is 15.4 Å². The maximum Gasteiger partial charge on any atom is 0.368 e. The van der Waals surface area contributed by atoms with Crippen LogP contribution in [0.4, 0.5) is 3.89 Å². The van der Waals surface area contributed by atoms with E-state index in [0.29, 0.717) is 25.6 Å². The summed E-state index contributed by atoms with van der Waals surface area (Å²) in [6.45, 7) is 3.35. The third-order valence-electron chi connectivity index (χ3n) is 2.70. The van der Waals surface area contributed by atoms with Gasteiger partial charge in [-0.05, 0) is 6.42 Å². The van der Waals surface area contributed by atoms with Gasteiger partial charge in [0.1, 0.15) is 5.82 Å². The van der Waals surface area contributed by atoms with E-state index in [2.05, 4.69) is 10.2 Å². The minimum absolute atomic E-state index is 0.0230. The second-order valence-corrected chi connectivity index (χ2v) is 5.26. The van der Waals surface area contributed by atoms with Crippen LogP contribution in [0, 0.1) is 0 Å². The molecular formula is C9H14FN3O3S. The van der Waals surface area contributed by atoms with Gasteiger partial charge in [-0.1, -0.05) is 17.2 Å². The van der Waals surface area contributed by atoms with Crippen molar-refractivity contribution in [2.45, 2.75) is 37.4 Å². The highest BCUT2D eigenvalue weighted by Crippen LogP contribution is 2.25. The molecule has 1 aliphatic heterocycles. The fraction of sp³-hybridized carbons (Fsp3) is 0.778. The number of hydrogen-bond donors (Lipinski definition) is 0. The zero-order valence-corrected chi connectivity index (χ0v) is 10.3. The summed E-state index contributed by atoms with van der Waals surface area (Å²) in [6, 6.07) is 0. The fourth-order valence-electron chi connectivity index (χ4n) is 1.69. The van der Waals surface area contributed by atoms with Crippen LogP contribution in [0.15, 0.2) is 5.16 Å². The van der Waals surface area contributed by atoms with Crippen molar-refractivity contribution in [2.24, 2.45) is 0 Å². The highest BCUT2D eigenvalue weighted by Gasteiger charge is 2.31. The van der Waals surface area contributed by atoms with Crippen LogP contribution in [-0.2, 0) is 21.5 Å². The van der Waals surface area contributed by atoms with Crippen LogP contribution in [0.25, 0.3) is 0 Å². The lowest BCUT2D eigenvalue weighted by molar-refractivity contribution is 0.00305. The maximum absolute atomic E-state index is 13.0. The summed E-state index contributed by atoms with van der Waals surface area (Å²) in [5.74, 6) is 0.524. The second-order valence-electron chi connectivity index (χ2n) is 4.02. The highest BCUT2D eigenvalue weighted by molar-refractivity contribution is 7.86. The average molecular weight is 263 g/mol. The Balaban J connectivity index is 2.35. The molecular weight excluding hydrogens is 249 g/mol. The standard InChI is InChI=1S/C9H14FN3O3S/c1-2-3-4-13-8(7-5-16-6-7)11-12-9(13)17(10,14)15/h7H,2-6H2,1H3. The van der Waals surface area contributed by atoms with Crippen molar-refractivity contribution in [1.29, 1.82) is 0 Å². The Labute approximate surface area is 99.0 Å². The summed E-state index contributed by atoms with van der Waals surface area (Å²) in [5.41, 5.74) is 0. The van der Waals surface area contributed by atoms with Crippen molar-refractivity contribution in [1.82, 2.24) is 14.8 Å². The molecule has 1 aliphatic rings. The molecule has 17 heavy (non-hydrogen) atoms. The van der Waals surface area contributed by atoms with E-state index in [1.807, 2.05) is 6.92 Å². The first kappa shape index (κ1) is 12.4. The molecule has 1 aromatic heterocycles. The number of ether oxygens (including phenoxy) is 1. The Kier molecular flexibility index (Phi) is 3.43. The number of nitrogens with zero attached hydrogens (tertiary/aromatic N) is 3. The van der Waals surface area contributed by atoms with Gasteiger partial charge in [-0.3, -0.25) is 4.57 Å². The Morgan fingerprint density at radius 1 is 1.47 bits per heavy atom. The minimum atomic E-state index is -4.81. The second kappa shape index (κ2) is 4.69. The molecule has 0 unspecified atom stereocenters. The molecule has 0 aromatic carbocycles. The van der Waals surface area contributed by atoms with Gasteiger partial charge < -0.3 is 4.74 Å². The summed E-state index contributed by atoms with van der Waals surface area (Å²) in [4.78, 5) is 0. The quantitative estimate of drug-likeness (QED) is 0.736. The molecule has 96 valence electrons. The summed E-state index contributed by atoms with van der Waals surface area (Å²) in [5, 5.41) is 6.62. The van der Waals surface area contributed by atoms with Crippen molar-refractivity contribution in [3.8, 4) is 0 Å². The number of unbranched alkanes of at least 4 members (excludes halogenated alkanes) is 1. The van der Waals surface area contributed by atoms with E-state index in [4.69, 9.17) is 4.74 Å². The predicted molar refractivity (Wildman–Crippen MR) is 56.8 cm³/mol. The smallest absolute Gasteiger partial charge is 0.368 e. The molecule has 0 atom stereocenters. The maximum atomic E-state index is 13.0. The summed E-state index contributed by atoms with van der Waals surface area (Å²) >= 11 is 0. The number of aromatic nitrogens is 3. The van der Waals surface area contributed by atoms with Gasteiger partial charge in [0, 0.05) is 6.54 Å². The summed E-state index contributed by atoms with van der Waals surface area (Å²) in [6.07, 6.45) is 1.63. The molecule has 0 saturated carbocycles. The van der Waals surface area contributed by atoms with Crippen molar-refractivity contribution in [2.75, 3.05) is 13.2 Å². The first-order chi connectivity index (χ1) is 8.04. The first-order valence-corrected chi connectivity index (χ1v) is 6.88. The van der Waals surface area contributed by atoms with E-state index in [1.165, 1.54) is 4.57 Å². The molecule has 0 N–H and O–H groups in total. The van der Waals surface area contributed by atoms with Crippen LogP contribution >= 0.6 is 0 Å². The highest BCUT2D eigenvalue weighted by atomic mass is 32.3. The number of hydrogen-bond acceptors (Lipinski definition) is 5. The zero-order valence-electron chi connectivity index (χ0n) is 9.47. The molecule has 0 spiro atoms. The minimum Gasteiger partial charge on any atom is -0.380 e. The molecule has 2 heterocycles. The van der Waals surface area contributed by atoms with Crippen LogP contribution in [0.5, 0.6) is 0 Å². The predicted octanol–water partition coefficient (Wildman–Crippen LogP) is 0.850. The summed E-state index contributed by atoms with van der Waals surface area (Å²) in [7, 11) is -4.81. The Hall–Kier alpha value is -1.02. The Morgan fingerprint density at radius 2 is 2.18 bits per heavy atom. The fourth-order valence-corrected chi connectivity index (χ4v) is 2.28. The molecule has 1 saturated heterocycles. The van der Waals surface area contributed by atoms with E-state index in [0.717, 1.165) is 12.8 Å². The zero-order chi connectivity index (χ0) is 12.5. The molecule has 2 rings (SSSR count). The van der Waals surface area contributed by atoms with Crippen molar-refractivity contribution < 1.29 is 17.0 Å². The molecule has 0 aliphatic carbocycles. The summed E-state index contributed by atoms with van der Waals surface area (Å²) < 4.78 is 41.3. The van der Waals surface area contributed by atoms with Gasteiger partial charge in [-0.15, -0.1) is 10.2 Å². The molecule has 0 radical (unpaired) electrons. The van der Waals surface area contributed by atoms with Crippen molar-refractivity contribution >= 4 is 10.2 Å². The molecule has 6 nitrogen and oxygen atoms in total. The molecule has 8 heteroatoms. The first-order valence-electron chi connectivity index (χ1n) is 5.49. The molecule has 0 bridgehead atoms. The molecule has 1 aromatic rings. The lowest BCUT2D eigenvalue weighted by Gasteiger charge is -2.25. The molecule has 0 amide bonds. The van der Waals surface area contributed by atoms with E-state index in [-0.39, 0.29) is 5.92 Å². The van der Waals surface area contributed by atoms with Crippen LogP contribution in [-0.4, -0.2) is 36.4 Å². The van der Waals surface area contributed by atoms with Gasteiger partial charge in [-0.25, -0.2) is 0 Å². The van der Waals surface area contributed by atoms with Crippen LogP contribution in [0.1, 0.15) is 31.5 Å². The van der Waals surface area contributed by atoms with Gasteiger partial charge in [-0.2, -0.15) is 8.42 Å². The van der Waals surface area contributed by atoms with Gasteiger partial charge in [0.2, 0.25) is 0 Å². The normalized spacial score (nSPS) is 17.1. The lowest BCUT2D eigenvalue weighted by atomic mass is 10.1. The number of halogens is 1. The SMILES string of the molecule is CCCCn1c(C2COC2)nnc1S(=O)(=O)F. The Morgan fingerprint density at radius 3 is 2.65 bits per heavy atom. The van der Waals surface area contributed by atoms with E-state index in [9.17, 15) is 12.3 Å². The lowest BCUT2D eigenvalue weighted by Crippen LogP contribution is -2.28. The van der Waals surface area contributed by atoms with Gasteiger partial charge in [0.25, 0.3) is 5.16 Å². The Bertz CT molecular complexity index is 496. The molecule has 1 fully saturated rings. The van der Waals surface area contributed by atoms with Gasteiger partial charge in [0.15, 0.2) is 0 Å². The van der Waals surface area contributed by atoms with Crippen molar-refractivity contribution in [3.63, 3.8) is 0 Å². The van der Waals surface area contributed by atoms with Gasteiger partial charge in [0.05, 0.1) is 19.1 Å². The van der Waals surface area contributed by atoms with Crippen LogP contribution in [0.3, 0.4) is 0 Å². The average Bonchev–Trinajstić information content (AvgIpc) is 2.55. The van der Waals surface area contributed by atoms with Crippen LogP contribution < -0.4 is 0 Å². The third kappa shape index (κ3) is 2.47. The topological polar surface area (TPSA) is 74.1 Å². The van der Waals surface area contributed by atoms with E-state index >= 15 is 0 Å². The van der Waals surface area contributed by atoms with Crippen molar-refractivity contribution in [3.05, 3.63) is 5.82 Å². The van der Waals surface area contributed by atoms with Gasteiger partial charge >= 0.3 is 10.2 Å². The number of rotatable bonds is 5. The van der Waals surface area contributed by atoms with E-state index in [1.54, 1.807) is 0 Å². The largest absolute Gasteiger partial charge is 0.380 e. The monoisotopic (exact) mass is 263 g/mol. The van der Waals surface area contributed by atoms with Crippen LogP contribution in [0.2, 0.25) is 0 Å². The third-order valence-corrected chi connectivity index (χ3v) is 3.44.